The Morgan fingerprint density at radius 1 is 1.13 bits per heavy atom. The van der Waals surface area contributed by atoms with Gasteiger partial charge in [0.05, 0.1) is 6.10 Å². The third-order valence-corrected chi connectivity index (χ3v) is 2.09. The summed E-state index contributed by atoms with van der Waals surface area (Å²) in [6, 6.07) is 10.3. The molecule has 3 nitrogen and oxygen atoms in total. The second-order valence-electron chi connectivity index (χ2n) is 3.72. The van der Waals surface area contributed by atoms with E-state index in [0.29, 0.717) is 6.54 Å². The number of benzene rings is 1. The molecule has 0 saturated heterocycles. The van der Waals surface area contributed by atoms with Crippen molar-refractivity contribution in [1.29, 1.82) is 0 Å². The summed E-state index contributed by atoms with van der Waals surface area (Å²) >= 11 is 0. The topological polar surface area (TPSA) is 44.3 Å². The van der Waals surface area contributed by atoms with Crippen LogP contribution in [-0.4, -0.2) is 30.8 Å². The third-order valence-electron chi connectivity index (χ3n) is 2.09. The number of nitrogens with one attached hydrogen (secondary N) is 2. The average Bonchev–Trinajstić information content (AvgIpc) is 2.24. The molecule has 0 saturated carbocycles. The van der Waals surface area contributed by atoms with Crippen molar-refractivity contribution in [3.63, 3.8) is 0 Å². The summed E-state index contributed by atoms with van der Waals surface area (Å²) in [6.45, 7) is 5.15. The molecule has 0 amide bonds. The van der Waals surface area contributed by atoms with Crippen LogP contribution in [-0.2, 0) is 6.54 Å². The zero-order chi connectivity index (χ0) is 10.9. The first-order valence-electron chi connectivity index (χ1n) is 5.42. The van der Waals surface area contributed by atoms with Gasteiger partial charge in [-0.25, -0.2) is 0 Å². The van der Waals surface area contributed by atoms with E-state index in [4.69, 9.17) is 5.11 Å². The molecule has 1 rings (SSSR count). The zero-order valence-corrected chi connectivity index (χ0v) is 9.24. The van der Waals surface area contributed by atoms with Crippen molar-refractivity contribution < 1.29 is 5.11 Å². The SMILES string of the molecule is CC(O)CNCCNCc1ccccc1. The fourth-order valence-electron chi connectivity index (χ4n) is 1.32. The van der Waals surface area contributed by atoms with Crippen LogP contribution < -0.4 is 10.6 Å². The average molecular weight is 208 g/mol. The number of hydrogen-bond donors (Lipinski definition) is 3. The van der Waals surface area contributed by atoms with Crippen molar-refractivity contribution >= 4 is 0 Å². The summed E-state index contributed by atoms with van der Waals surface area (Å²) < 4.78 is 0. The first-order chi connectivity index (χ1) is 7.29. The maximum Gasteiger partial charge on any atom is 0.0636 e. The van der Waals surface area contributed by atoms with Crippen LogP contribution in [0.25, 0.3) is 0 Å². The normalized spacial score (nSPS) is 12.7. The molecule has 3 heteroatoms. The van der Waals surface area contributed by atoms with Crippen LogP contribution in [0.4, 0.5) is 0 Å². The quantitative estimate of drug-likeness (QED) is 0.579. The molecule has 0 aliphatic rings. The van der Waals surface area contributed by atoms with Crippen LogP contribution in [0.1, 0.15) is 12.5 Å². The first kappa shape index (κ1) is 12.2. The highest BCUT2D eigenvalue weighted by Crippen LogP contribution is 1.96. The molecule has 1 unspecified atom stereocenters. The monoisotopic (exact) mass is 208 g/mol. The van der Waals surface area contributed by atoms with Gasteiger partial charge in [-0.3, -0.25) is 0 Å². The van der Waals surface area contributed by atoms with E-state index < -0.39 is 0 Å². The molecule has 0 spiro atoms. The van der Waals surface area contributed by atoms with Crippen LogP contribution in [0.3, 0.4) is 0 Å². The highest BCUT2D eigenvalue weighted by molar-refractivity contribution is 5.14. The summed E-state index contributed by atoms with van der Waals surface area (Å²) in [7, 11) is 0. The van der Waals surface area contributed by atoms with Crippen molar-refractivity contribution in [2.75, 3.05) is 19.6 Å². The van der Waals surface area contributed by atoms with E-state index in [1.165, 1.54) is 5.56 Å². The minimum Gasteiger partial charge on any atom is -0.392 e. The molecular formula is C12H20N2O. The second kappa shape index (κ2) is 7.40. The van der Waals surface area contributed by atoms with Gasteiger partial charge in [-0.15, -0.1) is 0 Å². The van der Waals surface area contributed by atoms with Gasteiger partial charge in [0, 0.05) is 26.2 Å². The maximum atomic E-state index is 9.00. The number of rotatable bonds is 7. The van der Waals surface area contributed by atoms with E-state index in [2.05, 4.69) is 22.8 Å². The Morgan fingerprint density at radius 3 is 2.47 bits per heavy atom. The van der Waals surface area contributed by atoms with Gasteiger partial charge in [0.2, 0.25) is 0 Å². The van der Waals surface area contributed by atoms with E-state index >= 15 is 0 Å². The highest BCUT2D eigenvalue weighted by atomic mass is 16.3. The molecule has 3 N–H and O–H groups in total. The van der Waals surface area contributed by atoms with Gasteiger partial charge in [-0.2, -0.15) is 0 Å². The fourth-order valence-corrected chi connectivity index (χ4v) is 1.32. The summed E-state index contributed by atoms with van der Waals surface area (Å²) in [5.74, 6) is 0. The lowest BCUT2D eigenvalue weighted by Crippen LogP contribution is -2.31. The van der Waals surface area contributed by atoms with Crippen LogP contribution in [0, 0.1) is 0 Å². The Kier molecular flexibility index (Phi) is 6.00. The van der Waals surface area contributed by atoms with Gasteiger partial charge >= 0.3 is 0 Å². The summed E-state index contributed by atoms with van der Waals surface area (Å²) in [4.78, 5) is 0. The molecule has 0 aliphatic carbocycles. The van der Waals surface area contributed by atoms with Gasteiger partial charge in [0.15, 0.2) is 0 Å². The molecule has 1 atom stereocenters. The van der Waals surface area contributed by atoms with Gasteiger partial charge < -0.3 is 15.7 Å². The van der Waals surface area contributed by atoms with Crippen LogP contribution in [0.5, 0.6) is 0 Å². The van der Waals surface area contributed by atoms with E-state index in [1.54, 1.807) is 6.92 Å². The predicted octanol–water partition coefficient (Wildman–Crippen LogP) is 0.747. The van der Waals surface area contributed by atoms with Gasteiger partial charge in [-0.1, -0.05) is 30.3 Å². The van der Waals surface area contributed by atoms with E-state index in [1.807, 2.05) is 18.2 Å². The zero-order valence-electron chi connectivity index (χ0n) is 9.24. The molecule has 0 fully saturated rings. The number of aliphatic hydroxyl groups is 1. The van der Waals surface area contributed by atoms with Crippen molar-refractivity contribution in [3.05, 3.63) is 35.9 Å². The molecule has 84 valence electrons. The second-order valence-corrected chi connectivity index (χ2v) is 3.72. The molecule has 1 aromatic rings. The van der Waals surface area contributed by atoms with Crippen molar-refractivity contribution in [3.8, 4) is 0 Å². The Balaban J connectivity index is 1.98. The molecule has 0 bridgehead atoms. The van der Waals surface area contributed by atoms with Crippen molar-refractivity contribution in [2.45, 2.75) is 19.6 Å². The minimum absolute atomic E-state index is 0.265. The molecule has 0 aliphatic heterocycles. The Hall–Kier alpha value is -0.900. The molecule has 1 aromatic carbocycles. The Morgan fingerprint density at radius 2 is 1.80 bits per heavy atom. The van der Waals surface area contributed by atoms with Crippen molar-refractivity contribution in [1.82, 2.24) is 10.6 Å². The predicted molar refractivity (Wildman–Crippen MR) is 62.7 cm³/mol. The van der Waals surface area contributed by atoms with Gasteiger partial charge in [0.25, 0.3) is 0 Å². The maximum absolute atomic E-state index is 9.00. The lowest BCUT2D eigenvalue weighted by molar-refractivity contribution is 0.191. The smallest absolute Gasteiger partial charge is 0.0636 e. The molecular weight excluding hydrogens is 188 g/mol. The lowest BCUT2D eigenvalue weighted by atomic mass is 10.2. The van der Waals surface area contributed by atoms with E-state index in [-0.39, 0.29) is 6.10 Å². The Bertz CT molecular complexity index is 249. The van der Waals surface area contributed by atoms with E-state index in [0.717, 1.165) is 19.6 Å². The van der Waals surface area contributed by atoms with Crippen LogP contribution in [0.2, 0.25) is 0 Å². The highest BCUT2D eigenvalue weighted by Gasteiger charge is 1.93. The molecule has 0 radical (unpaired) electrons. The summed E-state index contributed by atoms with van der Waals surface area (Å²) in [6.07, 6.45) is -0.265. The lowest BCUT2D eigenvalue weighted by Gasteiger charge is -2.07. The molecule has 15 heavy (non-hydrogen) atoms. The fraction of sp³-hybridized carbons (Fsp3) is 0.500. The molecule has 0 heterocycles. The van der Waals surface area contributed by atoms with Crippen LogP contribution in [0.15, 0.2) is 30.3 Å². The summed E-state index contributed by atoms with van der Waals surface area (Å²) in [5, 5.41) is 15.5. The standard InChI is InChI=1S/C12H20N2O/c1-11(15)9-13-7-8-14-10-12-5-3-2-4-6-12/h2-6,11,13-15H,7-10H2,1H3. The van der Waals surface area contributed by atoms with Gasteiger partial charge in [-0.05, 0) is 12.5 Å². The number of hydrogen-bond acceptors (Lipinski definition) is 3. The van der Waals surface area contributed by atoms with Gasteiger partial charge in [0.1, 0.15) is 0 Å². The van der Waals surface area contributed by atoms with E-state index in [9.17, 15) is 0 Å². The van der Waals surface area contributed by atoms with Crippen LogP contribution >= 0.6 is 0 Å². The first-order valence-corrected chi connectivity index (χ1v) is 5.42. The molecule has 0 aromatic heterocycles. The van der Waals surface area contributed by atoms with Crippen molar-refractivity contribution in [2.24, 2.45) is 0 Å². The largest absolute Gasteiger partial charge is 0.392 e. The third kappa shape index (κ3) is 6.23. The number of aliphatic hydroxyl groups excluding tert-OH is 1. The minimum atomic E-state index is -0.265. The Labute approximate surface area is 91.5 Å². The summed E-state index contributed by atoms with van der Waals surface area (Å²) in [5.41, 5.74) is 1.30.